The molecule has 0 bridgehead atoms. The Morgan fingerprint density at radius 3 is 3.00 bits per heavy atom. The topological polar surface area (TPSA) is 38.8 Å². The van der Waals surface area contributed by atoms with Gasteiger partial charge in [-0.15, -0.1) is 0 Å². The Bertz CT molecular complexity index is 621. The van der Waals surface area contributed by atoms with Gasteiger partial charge >= 0.3 is 0 Å². The van der Waals surface area contributed by atoms with Crippen LogP contribution >= 0.6 is 0 Å². The van der Waals surface area contributed by atoms with Gasteiger partial charge in [-0.3, -0.25) is 9.69 Å². The second-order valence-electron chi connectivity index (χ2n) is 5.89. The Labute approximate surface area is 137 Å². The van der Waals surface area contributed by atoms with Crippen LogP contribution in [-0.2, 0) is 9.53 Å². The molecule has 0 fully saturated rings. The van der Waals surface area contributed by atoms with Crippen molar-refractivity contribution in [3.63, 3.8) is 0 Å². The number of fused-ring (bicyclic) bond motifs is 1. The lowest BCUT2D eigenvalue weighted by molar-refractivity contribution is -0.130. The summed E-state index contributed by atoms with van der Waals surface area (Å²) in [5.41, 5.74) is 1.04. The third-order valence-electron chi connectivity index (χ3n) is 4.09. The van der Waals surface area contributed by atoms with Crippen LogP contribution in [0.1, 0.15) is 38.2 Å². The van der Waals surface area contributed by atoms with Crippen molar-refractivity contribution in [3.05, 3.63) is 47.7 Å². The van der Waals surface area contributed by atoms with Crippen molar-refractivity contribution < 1.29 is 14.3 Å². The van der Waals surface area contributed by atoms with E-state index in [0.717, 1.165) is 23.5 Å². The Morgan fingerprint density at radius 1 is 1.26 bits per heavy atom. The number of ether oxygens (including phenoxy) is 2. The molecule has 122 valence electrons. The number of amides is 1. The molecule has 0 spiro atoms. The molecule has 0 aromatic heterocycles. The predicted molar refractivity (Wildman–Crippen MR) is 89.8 cm³/mol. The average molecular weight is 313 g/mol. The zero-order chi connectivity index (χ0) is 16.1. The summed E-state index contributed by atoms with van der Waals surface area (Å²) in [6.45, 7) is 3.34. The summed E-state index contributed by atoms with van der Waals surface area (Å²) in [5.74, 6) is 1.49. The molecule has 0 aliphatic carbocycles. The van der Waals surface area contributed by atoms with E-state index < -0.39 is 0 Å². The fourth-order valence-electron chi connectivity index (χ4n) is 2.80. The molecule has 1 aromatic rings. The molecule has 4 nitrogen and oxygen atoms in total. The fourth-order valence-corrected chi connectivity index (χ4v) is 2.80. The van der Waals surface area contributed by atoms with E-state index in [1.54, 1.807) is 11.0 Å². The normalized spacial score (nSPS) is 19.3. The van der Waals surface area contributed by atoms with Gasteiger partial charge in [-0.1, -0.05) is 44.4 Å². The minimum absolute atomic E-state index is 0.0532. The van der Waals surface area contributed by atoms with Crippen molar-refractivity contribution >= 4 is 12.0 Å². The molecule has 1 unspecified atom stereocenters. The van der Waals surface area contributed by atoms with Gasteiger partial charge in [0.1, 0.15) is 11.5 Å². The highest BCUT2D eigenvalue weighted by atomic mass is 16.5. The number of para-hydroxylation sites is 1. The van der Waals surface area contributed by atoms with Crippen molar-refractivity contribution in [1.29, 1.82) is 0 Å². The van der Waals surface area contributed by atoms with Gasteiger partial charge in [0.25, 0.3) is 5.91 Å². The summed E-state index contributed by atoms with van der Waals surface area (Å²) >= 11 is 0. The molecule has 23 heavy (non-hydrogen) atoms. The molecule has 2 aliphatic heterocycles. The van der Waals surface area contributed by atoms with E-state index in [2.05, 4.69) is 6.92 Å². The first kappa shape index (κ1) is 15.7. The predicted octanol–water partition coefficient (Wildman–Crippen LogP) is 3.74. The number of hydrogen-bond acceptors (Lipinski definition) is 3. The van der Waals surface area contributed by atoms with Crippen molar-refractivity contribution in [2.24, 2.45) is 0 Å². The third-order valence-corrected chi connectivity index (χ3v) is 4.09. The number of unbranched alkanes of at least 4 members (excludes halogenated alkanes) is 3. The maximum absolute atomic E-state index is 12.2. The van der Waals surface area contributed by atoms with E-state index in [1.807, 2.05) is 36.4 Å². The van der Waals surface area contributed by atoms with Crippen molar-refractivity contribution in [1.82, 2.24) is 4.90 Å². The Hall–Kier alpha value is -2.23. The van der Waals surface area contributed by atoms with Gasteiger partial charge in [-0.2, -0.15) is 0 Å². The van der Waals surface area contributed by atoms with Gasteiger partial charge < -0.3 is 9.47 Å². The lowest BCUT2D eigenvalue weighted by atomic mass is 10.1. The van der Waals surface area contributed by atoms with Crippen molar-refractivity contribution in [2.45, 2.75) is 38.8 Å². The molecule has 1 amide bonds. The standard InChI is InChI=1S/C19H23NO3/c1-2-3-4-7-12-22-16-13-18(21)20(14-16)19-11-10-15-8-5-6-9-17(15)23-19/h5-6,8-11,13,19H,2-4,7,12,14H2,1H3. The van der Waals surface area contributed by atoms with Crippen LogP contribution in [0.4, 0.5) is 0 Å². The van der Waals surface area contributed by atoms with E-state index in [9.17, 15) is 4.79 Å². The van der Waals surface area contributed by atoms with E-state index in [4.69, 9.17) is 9.47 Å². The maximum atomic E-state index is 12.2. The molecule has 0 N–H and O–H groups in total. The second kappa shape index (κ2) is 7.36. The number of nitrogens with zero attached hydrogens (tertiary/aromatic N) is 1. The zero-order valence-electron chi connectivity index (χ0n) is 13.5. The molecule has 1 aromatic carbocycles. The summed E-state index contributed by atoms with van der Waals surface area (Å²) in [6.07, 6.45) is 9.78. The monoisotopic (exact) mass is 313 g/mol. The van der Waals surface area contributed by atoms with Crippen LogP contribution in [-0.4, -0.2) is 30.2 Å². The molecular weight excluding hydrogens is 290 g/mol. The maximum Gasteiger partial charge on any atom is 0.253 e. The molecule has 2 heterocycles. The van der Waals surface area contributed by atoms with Crippen LogP contribution in [0, 0.1) is 0 Å². The highest BCUT2D eigenvalue weighted by Gasteiger charge is 2.30. The van der Waals surface area contributed by atoms with Crippen LogP contribution in [0.15, 0.2) is 42.2 Å². The quantitative estimate of drug-likeness (QED) is 0.720. The number of rotatable bonds is 7. The van der Waals surface area contributed by atoms with E-state index in [1.165, 1.54) is 19.3 Å². The average Bonchev–Trinajstić information content (AvgIpc) is 2.95. The Kier molecular flexibility index (Phi) is 5.01. The molecule has 0 saturated heterocycles. The first-order chi connectivity index (χ1) is 11.3. The summed E-state index contributed by atoms with van der Waals surface area (Å²) < 4.78 is 11.7. The summed E-state index contributed by atoms with van der Waals surface area (Å²) in [7, 11) is 0. The van der Waals surface area contributed by atoms with Crippen LogP contribution < -0.4 is 4.74 Å². The molecule has 3 rings (SSSR count). The Balaban J connectivity index is 1.52. The molecule has 2 aliphatic rings. The van der Waals surface area contributed by atoms with Crippen LogP contribution in [0.25, 0.3) is 6.08 Å². The van der Waals surface area contributed by atoms with E-state index >= 15 is 0 Å². The smallest absolute Gasteiger partial charge is 0.253 e. The third kappa shape index (κ3) is 3.76. The molecule has 4 heteroatoms. The molecule has 1 atom stereocenters. The van der Waals surface area contributed by atoms with Gasteiger partial charge in [0.05, 0.1) is 13.2 Å². The summed E-state index contributed by atoms with van der Waals surface area (Å²) in [4.78, 5) is 13.9. The SMILES string of the molecule is CCCCCCOC1=CC(=O)N(C2C=Cc3ccccc3O2)C1. The molecule has 0 saturated carbocycles. The van der Waals surface area contributed by atoms with Gasteiger partial charge in [-0.05, 0) is 24.6 Å². The number of carbonyl (C=O) groups excluding carboxylic acids is 1. The van der Waals surface area contributed by atoms with Crippen molar-refractivity contribution in [3.8, 4) is 5.75 Å². The summed E-state index contributed by atoms with van der Waals surface area (Å²) in [6, 6.07) is 7.83. The summed E-state index contributed by atoms with van der Waals surface area (Å²) in [5, 5.41) is 0. The van der Waals surface area contributed by atoms with Crippen LogP contribution in [0.3, 0.4) is 0 Å². The number of carbonyl (C=O) groups is 1. The second-order valence-corrected chi connectivity index (χ2v) is 5.89. The Morgan fingerprint density at radius 2 is 2.13 bits per heavy atom. The molecular formula is C19H23NO3. The number of hydrogen-bond donors (Lipinski definition) is 0. The van der Waals surface area contributed by atoms with Gasteiger partial charge in [0.15, 0.2) is 6.23 Å². The van der Waals surface area contributed by atoms with E-state index in [-0.39, 0.29) is 12.1 Å². The number of benzene rings is 1. The van der Waals surface area contributed by atoms with Crippen molar-refractivity contribution in [2.75, 3.05) is 13.2 Å². The van der Waals surface area contributed by atoms with Crippen LogP contribution in [0.2, 0.25) is 0 Å². The van der Waals surface area contributed by atoms with Gasteiger partial charge in [0.2, 0.25) is 0 Å². The lowest BCUT2D eigenvalue weighted by Crippen LogP contribution is -2.40. The lowest BCUT2D eigenvalue weighted by Gasteiger charge is -2.29. The minimum Gasteiger partial charge on any atom is -0.496 e. The van der Waals surface area contributed by atoms with Crippen LogP contribution in [0.5, 0.6) is 5.75 Å². The first-order valence-corrected chi connectivity index (χ1v) is 8.36. The first-order valence-electron chi connectivity index (χ1n) is 8.36. The largest absolute Gasteiger partial charge is 0.496 e. The molecule has 0 radical (unpaired) electrons. The van der Waals surface area contributed by atoms with Gasteiger partial charge in [0, 0.05) is 11.6 Å². The highest BCUT2D eigenvalue weighted by molar-refractivity contribution is 5.91. The zero-order valence-corrected chi connectivity index (χ0v) is 13.5. The fraction of sp³-hybridized carbons (Fsp3) is 0.421. The van der Waals surface area contributed by atoms with Gasteiger partial charge in [-0.25, -0.2) is 0 Å². The van der Waals surface area contributed by atoms with E-state index in [0.29, 0.717) is 13.2 Å². The highest BCUT2D eigenvalue weighted by Crippen LogP contribution is 2.28. The minimum atomic E-state index is -0.366.